The first kappa shape index (κ1) is 15.4. The second-order valence-electron chi connectivity index (χ2n) is 3.75. The first-order valence-corrected chi connectivity index (χ1v) is 5.26. The molecular formula is C14H10O4Pd. The molecule has 100 valence electrons. The number of carbonyl (C=O) groups excluding carboxylic acids is 2. The van der Waals surface area contributed by atoms with Gasteiger partial charge in [0.2, 0.25) is 0 Å². The molecule has 0 saturated carbocycles. The van der Waals surface area contributed by atoms with Gasteiger partial charge in [-0.1, -0.05) is 48.5 Å². The third-order valence-electron chi connectivity index (χ3n) is 2.83. The van der Waals surface area contributed by atoms with Crippen molar-refractivity contribution in [1.82, 2.24) is 0 Å². The van der Waals surface area contributed by atoms with Gasteiger partial charge in [-0.05, 0) is 0 Å². The molecule has 19 heavy (non-hydrogen) atoms. The van der Waals surface area contributed by atoms with E-state index in [-0.39, 0.29) is 32.0 Å². The van der Waals surface area contributed by atoms with Crippen LogP contribution in [0.2, 0.25) is 0 Å². The minimum atomic E-state index is -0.0641. The minimum Gasteiger partial charge on any atom is -0.289 e. The van der Waals surface area contributed by atoms with E-state index in [4.69, 9.17) is 10.5 Å². The fourth-order valence-corrected chi connectivity index (χ4v) is 2.05. The van der Waals surface area contributed by atoms with Gasteiger partial charge in [0, 0.05) is 42.7 Å². The molecule has 0 saturated heterocycles. The Morgan fingerprint density at radius 1 is 0.579 bits per heavy atom. The molecule has 2 aromatic carbocycles. The van der Waals surface area contributed by atoms with Crippen molar-refractivity contribution in [3.63, 3.8) is 0 Å². The summed E-state index contributed by atoms with van der Waals surface area (Å²) in [6.45, 7) is 0. The van der Waals surface area contributed by atoms with E-state index in [0.29, 0.717) is 22.3 Å². The predicted octanol–water partition coefficient (Wildman–Crippen LogP) is 2.48. The van der Waals surface area contributed by atoms with Crippen LogP contribution in [0.5, 0.6) is 0 Å². The van der Waals surface area contributed by atoms with Crippen molar-refractivity contribution in [3.8, 4) is 0 Å². The van der Waals surface area contributed by atoms with E-state index >= 15 is 0 Å². The average Bonchev–Trinajstić information content (AvgIpc) is 2.47. The summed E-state index contributed by atoms with van der Waals surface area (Å²) >= 11 is 0. The Morgan fingerprint density at radius 2 is 0.789 bits per heavy atom. The quantitative estimate of drug-likeness (QED) is 0.372. The largest absolute Gasteiger partial charge is 0.289 e. The summed E-state index contributed by atoms with van der Waals surface area (Å²) in [4.78, 5) is 24.2. The van der Waals surface area contributed by atoms with Gasteiger partial charge in [-0.3, -0.25) is 20.1 Å². The number of rotatable bonds is 0. The zero-order valence-electron chi connectivity index (χ0n) is 9.65. The Labute approximate surface area is 123 Å². The smallest absolute Gasteiger partial charge is 0.194 e. The van der Waals surface area contributed by atoms with Crippen LogP contribution in [0.3, 0.4) is 0 Å². The summed E-state index contributed by atoms with van der Waals surface area (Å²) in [6, 6.07) is 13.9. The fourth-order valence-electron chi connectivity index (χ4n) is 2.05. The van der Waals surface area contributed by atoms with Gasteiger partial charge in [-0.25, -0.2) is 0 Å². The van der Waals surface area contributed by atoms with Crippen LogP contribution in [0.15, 0.2) is 48.5 Å². The van der Waals surface area contributed by atoms with Gasteiger partial charge >= 0.3 is 0 Å². The Balaban J connectivity index is 0.000000576. The van der Waals surface area contributed by atoms with Gasteiger partial charge in [0.1, 0.15) is 0 Å². The normalized spacial score (nSPS) is 11.5. The van der Waals surface area contributed by atoms with E-state index < -0.39 is 0 Å². The Kier molecular flexibility index (Phi) is 5.28. The number of benzene rings is 2. The van der Waals surface area contributed by atoms with Gasteiger partial charge in [-0.2, -0.15) is 0 Å². The summed E-state index contributed by atoms with van der Waals surface area (Å²) in [5.41, 5.74) is 2.02. The van der Waals surface area contributed by atoms with E-state index in [9.17, 15) is 9.59 Å². The first-order chi connectivity index (χ1) is 8.79. The zero-order chi connectivity index (χ0) is 13.1. The summed E-state index contributed by atoms with van der Waals surface area (Å²) in [7, 11) is 0. The van der Waals surface area contributed by atoms with E-state index in [0.717, 1.165) is 0 Å². The molecular weight excluding hydrogens is 339 g/mol. The Hall–Kier alpha value is -1.64. The van der Waals surface area contributed by atoms with E-state index in [1.807, 2.05) is 0 Å². The predicted molar refractivity (Wildman–Crippen MR) is 65.0 cm³/mol. The van der Waals surface area contributed by atoms with Gasteiger partial charge in [0.05, 0.1) is 0 Å². The van der Waals surface area contributed by atoms with Crippen LogP contribution in [-0.4, -0.2) is 22.1 Å². The molecule has 0 aliphatic heterocycles. The number of hydrogen-bond donors (Lipinski definition) is 2. The summed E-state index contributed by atoms with van der Waals surface area (Å²) in [6.07, 6.45) is 0. The first-order valence-electron chi connectivity index (χ1n) is 5.26. The summed E-state index contributed by atoms with van der Waals surface area (Å²) < 4.78 is 0. The van der Waals surface area contributed by atoms with E-state index in [2.05, 4.69) is 0 Å². The van der Waals surface area contributed by atoms with Crippen molar-refractivity contribution in [2.75, 3.05) is 0 Å². The Bertz CT molecular complexity index is 517. The molecule has 0 fully saturated rings. The van der Waals surface area contributed by atoms with Crippen molar-refractivity contribution in [3.05, 3.63) is 70.8 Å². The maximum absolute atomic E-state index is 12.1. The number of hydrogen-bond acceptors (Lipinski definition) is 4. The minimum absolute atomic E-state index is 0. The van der Waals surface area contributed by atoms with E-state index in [1.165, 1.54) is 0 Å². The zero-order valence-corrected chi connectivity index (χ0v) is 11.2. The van der Waals surface area contributed by atoms with Crippen LogP contribution in [0, 0.1) is 0 Å². The molecule has 0 spiro atoms. The van der Waals surface area contributed by atoms with Crippen LogP contribution in [0.4, 0.5) is 0 Å². The second-order valence-corrected chi connectivity index (χ2v) is 3.75. The van der Waals surface area contributed by atoms with Crippen LogP contribution in [0.1, 0.15) is 31.8 Å². The number of fused-ring (bicyclic) bond motifs is 2. The third-order valence-corrected chi connectivity index (χ3v) is 2.83. The van der Waals surface area contributed by atoms with E-state index in [1.54, 1.807) is 48.5 Å². The van der Waals surface area contributed by atoms with Crippen molar-refractivity contribution in [1.29, 1.82) is 0 Å². The molecule has 0 heterocycles. The molecule has 0 atom stereocenters. The van der Waals surface area contributed by atoms with Crippen molar-refractivity contribution in [2.45, 2.75) is 0 Å². The Morgan fingerprint density at radius 3 is 1.00 bits per heavy atom. The molecule has 0 amide bonds. The maximum Gasteiger partial charge on any atom is 0.194 e. The molecule has 0 unspecified atom stereocenters. The van der Waals surface area contributed by atoms with Gasteiger partial charge in [0.15, 0.2) is 11.6 Å². The van der Waals surface area contributed by atoms with Crippen LogP contribution in [0.25, 0.3) is 0 Å². The molecule has 0 bridgehead atoms. The second kappa shape index (κ2) is 6.51. The monoisotopic (exact) mass is 348 g/mol. The summed E-state index contributed by atoms with van der Waals surface area (Å²) in [5, 5.41) is 12.0. The molecule has 2 aromatic rings. The van der Waals surface area contributed by atoms with Crippen molar-refractivity contribution in [2.24, 2.45) is 0 Å². The SMILES string of the molecule is O=C1c2ccccc2C(=O)c2ccccc21.OO.[Pd]. The summed E-state index contributed by atoms with van der Waals surface area (Å²) in [5.74, 6) is -0.128. The number of carbonyl (C=O) groups is 2. The average molecular weight is 349 g/mol. The fraction of sp³-hybridized carbons (Fsp3) is 0. The molecule has 1 aliphatic carbocycles. The van der Waals surface area contributed by atoms with Crippen LogP contribution in [-0.2, 0) is 20.4 Å². The number of ketones is 2. The standard InChI is InChI=1S/C14H8O2.H2O2.Pd/c15-13-9-5-1-2-6-10(9)14(16)12-8-4-3-7-11(12)13;1-2;/h1-8H;1-2H;. The van der Waals surface area contributed by atoms with Gasteiger partial charge in [0.25, 0.3) is 0 Å². The maximum atomic E-state index is 12.1. The molecule has 0 aromatic heterocycles. The van der Waals surface area contributed by atoms with Crippen LogP contribution < -0.4 is 0 Å². The molecule has 3 rings (SSSR count). The van der Waals surface area contributed by atoms with Gasteiger partial charge in [-0.15, -0.1) is 0 Å². The molecule has 2 N–H and O–H groups in total. The molecule has 5 heteroatoms. The van der Waals surface area contributed by atoms with Gasteiger partial charge < -0.3 is 0 Å². The topological polar surface area (TPSA) is 74.6 Å². The molecule has 1 aliphatic rings. The molecule has 0 radical (unpaired) electrons. The van der Waals surface area contributed by atoms with Crippen molar-refractivity contribution >= 4 is 11.6 Å². The molecule has 4 nitrogen and oxygen atoms in total. The third kappa shape index (κ3) is 2.55. The van der Waals surface area contributed by atoms with Crippen LogP contribution >= 0.6 is 0 Å². The van der Waals surface area contributed by atoms with Crippen molar-refractivity contribution < 1.29 is 40.5 Å².